The van der Waals surface area contributed by atoms with Crippen LogP contribution in [0.5, 0.6) is 11.5 Å². The van der Waals surface area contributed by atoms with Gasteiger partial charge < -0.3 is 18.7 Å². The maximum Gasteiger partial charge on any atom is 0.306 e. The van der Waals surface area contributed by atoms with Gasteiger partial charge in [-0.05, 0) is 25.0 Å². The smallest absolute Gasteiger partial charge is 0.306 e. The number of sulfonamides is 1. The summed E-state index contributed by atoms with van der Waals surface area (Å²) in [6.07, 6.45) is 1.93. The quantitative estimate of drug-likeness (QED) is 0.445. The van der Waals surface area contributed by atoms with E-state index in [1.165, 1.54) is 12.1 Å². The zero-order valence-corrected chi connectivity index (χ0v) is 16.9. The van der Waals surface area contributed by atoms with E-state index in [4.69, 9.17) is 18.7 Å². The molecule has 1 aliphatic heterocycles. The fourth-order valence-electron chi connectivity index (χ4n) is 2.60. The van der Waals surface area contributed by atoms with E-state index in [1.807, 2.05) is 6.92 Å². The number of esters is 1. The Hall–Kier alpha value is -2.66. The predicted octanol–water partition coefficient (Wildman–Crippen LogP) is 1.60. The van der Waals surface area contributed by atoms with Crippen LogP contribution in [0.3, 0.4) is 0 Å². The van der Waals surface area contributed by atoms with E-state index in [-0.39, 0.29) is 36.8 Å². The minimum Gasteiger partial charge on any atom is -0.486 e. The van der Waals surface area contributed by atoms with Gasteiger partial charge in [0.2, 0.25) is 10.0 Å². The fourth-order valence-corrected chi connectivity index (χ4v) is 3.69. The molecule has 10 nitrogen and oxygen atoms in total. The van der Waals surface area contributed by atoms with Crippen LogP contribution in [0, 0.1) is 0 Å². The number of aryl methyl sites for hydroxylation is 1. The molecule has 158 valence electrons. The topological polar surface area (TPSA) is 130 Å². The number of fused-ring (bicyclic) bond motifs is 1. The lowest BCUT2D eigenvalue weighted by molar-refractivity contribution is -0.145. The molecule has 0 unspecified atom stereocenters. The average molecular weight is 425 g/mol. The van der Waals surface area contributed by atoms with Gasteiger partial charge in [0, 0.05) is 25.5 Å². The van der Waals surface area contributed by atoms with E-state index in [9.17, 15) is 13.2 Å². The van der Waals surface area contributed by atoms with Crippen molar-refractivity contribution in [1.29, 1.82) is 0 Å². The van der Waals surface area contributed by atoms with Crippen molar-refractivity contribution < 1.29 is 31.9 Å². The molecule has 1 aliphatic rings. The monoisotopic (exact) mass is 425 g/mol. The molecule has 0 saturated carbocycles. The van der Waals surface area contributed by atoms with E-state index in [2.05, 4.69) is 14.9 Å². The Labute approximate surface area is 168 Å². The summed E-state index contributed by atoms with van der Waals surface area (Å²) in [5, 5.41) is 3.77. The molecule has 0 amide bonds. The molecule has 3 rings (SSSR count). The van der Waals surface area contributed by atoms with Crippen LogP contribution < -0.4 is 14.2 Å². The summed E-state index contributed by atoms with van der Waals surface area (Å²) in [6.45, 7) is 2.79. The van der Waals surface area contributed by atoms with Gasteiger partial charge in [-0.3, -0.25) is 4.79 Å². The summed E-state index contributed by atoms with van der Waals surface area (Å²) >= 11 is 0. The molecule has 1 aromatic heterocycles. The number of benzene rings is 1. The second-order valence-corrected chi connectivity index (χ2v) is 8.09. The van der Waals surface area contributed by atoms with E-state index < -0.39 is 16.0 Å². The summed E-state index contributed by atoms with van der Waals surface area (Å²) in [6, 6.07) is 4.42. The Morgan fingerprint density at radius 1 is 1.24 bits per heavy atom. The average Bonchev–Trinajstić information content (AvgIpc) is 3.17. The molecule has 1 aromatic carbocycles. The van der Waals surface area contributed by atoms with Crippen molar-refractivity contribution in [1.82, 2.24) is 14.9 Å². The zero-order valence-electron chi connectivity index (χ0n) is 16.0. The van der Waals surface area contributed by atoms with Crippen molar-refractivity contribution in [3.05, 3.63) is 29.9 Å². The van der Waals surface area contributed by atoms with Crippen LogP contribution in [-0.4, -0.2) is 44.3 Å². The zero-order chi connectivity index (χ0) is 20.7. The van der Waals surface area contributed by atoms with Gasteiger partial charge in [-0.2, -0.15) is 4.98 Å². The second kappa shape index (κ2) is 9.70. The van der Waals surface area contributed by atoms with E-state index in [0.29, 0.717) is 37.0 Å². The molecule has 0 aliphatic carbocycles. The highest BCUT2D eigenvalue weighted by Gasteiger charge is 2.19. The Balaban J connectivity index is 1.40. The van der Waals surface area contributed by atoms with Gasteiger partial charge in [-0.25, -0.2) is 13.1 Å². The summed E-state index contributed by atoms with van der Waals surface area (Å²) in [7, 11) is -3.72. The molecule has 0 fully saturated rings. The molecule has 0 radical (unpaired) electrons. The first-order valence-corrected chi connectivity index (χ1v) is 10.8. The number of rotatable bonds is 10. The van der Waals surface area contributed by atoms with Crippen LogP contribution in [0.1, 0.15) is 37.9 Å². The molecule has 0 bridgehead atoms. The standard InChI is InChI=1S/C18H23N3O7S/c1-2-4-16-20-17(28-21-16)12-27-18(22)5-3-8-19-29(23,24)13-6-7-14-15(11-13)26-10-9-25-14/h6-7,11,19H,2-5,8-10,12H2,1H3. The largest absolute Gasteiger partial charge is 0.486 e. The van der Waals surface area contributed by atoms with E-state index >= 15 is 0 Å². The maximum atomic E-state index is 12.4. The lowest BCUT2D eigenvalue weighted by atomic mass is 10.3. The van der Waals surface area contributed by atoms with Crippen molar-refractivity contribution in [3.8, 4) is 11.5 Å². The molecule has 1 N–H and O–H groups in total. The minimum absolute atomic E-state index is 0.0552. The van der Waals surface area contributed by atoms with Crippen LogP contribution in [0.4, 0.5) is 0 Å². The molecule has 29 heavy (non-hydrogen) atoms. The van der Waals surface area contributed by atoms with Gasteiger partial charge in [0.1, 0.15) is 13.2 Å². The number of hydrogen-bond acceptors (Lipinski definition) is 9. The van der Waals surface area contributed by atoms with Gasteiger partial charge in [-0.15, -0.1) is 0 Å². The fraction of sp³-hybridized carbons (Fsp3) is 0.500. The summed E-state index contributed by atoms with van der Waals surface area (Å²) in [5.41, 5.74) is 0. The van der Waals surface area contributed by atoms with Gasteiger partial charge in [0.05, 0.1) is 4.90 Å². The highest BCUT2D eigenvalue weighted by Crippen LogP contribution is 2.32. The third-order valence-electron chi connectivity index (χ3n) is 4.01. The summed E-state index contributed by atoms with van der Waals surface area (Å²) in [5.74, 6) is 1.25. The van der Waals surface area contributed by atoms with Crippen molar-refractivity contribution in [2.45, 2.75) is 44.1 Å². The molecule has 2 aromatic rings. The van der Waals surface area contributed by atoms with Crippen molar-refractivity contribution in [2.24, 2.45) is 0 Å². The number of nitrogens with one attached hydrogen (secondary N) is 1. The van der Waals surface area contributed by atoms with Gasteiger partial charge >= 0.3 is 5.97 Å². The van der Waals surface area contributed by atoms with Crippen LogP contribution in [0.2, 0.25) is 0 Å². The number of carbonyl (C=O) groups is 1. The van der Waals surface area contributed by atoms with Crippen LogP contribution in [0.25, 0.3) is 0 Å². The maximum absolute atomic E-state index is 12.4. The molecule has 2 heterocycles. The Kier molecular flexibility index (Phi) is 7.04. The highest BCUT2D eigenvalue weighted by atomic mass is 32.2. The van der Waals surface area contributed by atoms with Gasteiger partial charge in [-0.1, -0.05) is 12.1 Å². The first-order valence-electron chi connectivity index (χ1n) is 9.34. The van der Waals surface area contributed by atoms with Crippen molar-refractivity contribution in [3.63, 3.8) is 0 Å². The molecule has 0 spiro atoms. The van der Waals surface area contributed by atoms with Crippen LogP contribution >= 0.6 is 0 Å². The molecule has 11 heteroatoms. The van der Waals surface area contributed by atoms with Gasteiger partial charge in [0.25, 0.3) is 5.89 Å². The molecular weight excluding hydrogens is 402 g/mol. The predicted molar refractivity (Wildman–Crippen MR) is 99.9 cm³/mol. The molecule has 0 saturated heterocycles. The number of nitrogens with zero attached hydrogens (tertiary/aromatic N) is 2. The molecular formula is C18H23N3O7S. The highest BCUT2D eigenvalue weighted by molar-refractivity contribution is 7.89. The lowest BCUT2D eigenvalue weighted by Crippen LogP contribution is -2.25. The molecule has 0 atom stereocenters. The number of ether oxygens (including phenoxy) is 3. The van der Waals surface area contributed by atoms with E-state index in [0.717, 1.165) is 6.42 Å². The first kappa shape index (κ1) is 21.1. The third-order valence-corrected chi connectivity index (χ3v) is 5.47. The van der Waals surface area contributed by atoms with E-state index in [1.54, 1.807) is 6.07 Å². The number of hydrogen-bond donors (Lipinski definition) is 1. The minimum atomic E-state index is -3.72. The van der Waals surface area contributed by atoms with Crippen molar-refractivity contribution in [2.75, 3.05) is 19.8 Å². The van der Waals surface area contributed by atoms with Crippen LogP contribution in [-0.2, 0) is 32.6 Å². The third kappa shape index (κ3) is 5.91. The SMILES string of the molecule is CCCc1noc(COC(=O)CCCNS(=O)(=O)c2ccc3c(c2)OCCO3)n1. The number of aromatic nitrogens is 2. The van der Waals surface area contributed by atoms with Crippen molar-refractivity contribution >= 4 is 16.0 Å². The second-order valence-electron chi connectivity index (χ2n) is 6.32. The Bertz CT molecular complexity index is 943. The summed E-state index contributed by atoms with van der Waals surface area (Å²) in [4.78, 5) is 16.0. The Morgan fingerprint density at radius 2 is 2.03 bits per heavy atom. The normalized spacial score (nSPS) is 13.3. The van der Waals surface area contributed by atoms with Gasteiger partial charge in [0.15, 0.2) is 23.9 Å². The summed E-state index contributed by atoms with van der Waals surface area (Å²) < 4.78 is 48.0. The lowest BCUT2D eigenvalue weighted by Gasteiger charge is -2.18. The van der Waals surface area contributed by atoms with Crippen LogP contribution in [0.15, 0.2) is 27.6 Å². The number of carbonyl (C=O) groups excluding carboxylic acids is 1. The first-order chi connectivity index (χ1) is 14.0. The Morgan fingerprint density at radius 3 is 2.83 bits per heavy atom.